The van der Waals surface area contributed by atoms with E-state index >= 15 is 0 Å². The first kappa shape index (κ1) is 32.6. The van der Waals surface area contributed by atoms with Gasteiger partial charge in [-0.2, -0.15) is 0 Å². The van der Waals surface area contributed by atoms with Gasteiger partial charge in [0.25, 0.3) is 0 Å². The number of fused-ring (bicyclic) bond motifs is 8. The second-order valence-electron chi connectivity index (χ2n) is 15.1. The second kappa shape index (κ2) is 13.0. The molecule has 0 aliphatic heterocycles. The van der Waals surface area contributed by atoms with Crippen molar-refractivity contribution in [3.8, 4) is 56.4 Å². The van der Waals surface area contributed by atoms with E-state index in [0.717, 1.165) is 95.3 Å². The van der Waals surface area contributed by atoms with Crippen LogP contribution in [0.3, 0.4) is 0 Å². The van der Waals surface area contributed by atoms with Gasteiger partial charge < -0.3 is 8.83 Å². The molecule has 0 amide bonds. The maximum absolute atomic E-state index is 6.60. The van der Waals surface area contributed by atoms with Crippen molar-refractivity contribution in [2.24, 2.45) is 0 Å². The van der Waals surface area contributed by atoms with Crippen molar-refractivity contribution in [1.29, 1.82) is 0 Å². The summed E-state index contributed by atoms with van der Waals surface area (Å²) < 4.78 is 12.8. The number of aromatic nitrogens is 3. The molecule has 0 fully saturated rings. The highest BCUT2D eigenvalue weighted by Crippen LogP contribution is 2.41. The summed E-state index contributed by atoms with van der Waals surface area (Å²) in [5.74, 6) is 1.75. The lowest BCUT2D eigenvalue weighted by Gasteiger charge is -2.15. The van der Waals surface area contributed by atoms with Crippen LogP contribution in [0, 0.1) is 0 Å². The SMILES string of the molecule is C1=Cc2c(cccc2-c2ccc(-c3cc(-c4nc(-c5ccc6ccccc6c5)nc(-c5ccc6oc7ccccc7c6c5)n4)c4c(c3)oc3ccccc34)cc2)CC1. The second-order valence-corrected chi connectivity index (χ2v) is 15.1. The monoisotopic (exact) mass is 743 g/mol. The molecular formula is C53H33N3O2. The molecule has 0 atom stereocenters. The Balaban J connectivity index is 1.07. The van der Waals surface area contributed by atoms with Crippen LogP contribution < -0.4 is 0 Å². The standard InChI is InChI=1S/C53H33N3O2/c1-2-12-36-28-37(25-22-32(36)10-1)51-54-52(38-26-27-48-44(29-38)42-15-5-7-18-46(42)57-48)56-53(55-51)45-30-39(31-49-50(45)43-16-6-8-19-47(43)58-49)33-20-23-35(24-21-33)41-17-9-13-34-11-3-4-14-40(34)41/h1-2,4-10,12-31H,3,11H2. The summed E-state index contributed by atoms with van der Waals surface area (Å²) in [5, 5.41) is 6.33. The lowest BCUT2D eigenvalue weighted by Crippen LogP contribution is -2.01. The Morgan fingerprint density at radius 1 is 0.397 bits per heavy atom. The first-order valence-corrected chi connectivity index (χ1v) is 19.7. The van der Waals surface area contributed by atoms with E-state index in [2.05, 4.69) is 133 Å². The van der Waals surface area contributed by atoms with Crippen molar-refractivity contribution < 1.29 is 8.83 Å². The molecule has 58 heavy (non-hydrogen) atoms. The van der Waals surface area contributed by atoms with Gasteiger partial charge in [0.1, 0.15) is 22.3 Å². The summed E-state index contributed by atoms with van der Waals surface area (Å²) in [7, 11) is 0. The van der Waals surface area contributed by atoms with E-state index in [9.17, 15) is 0 Å². The fraction of sp³-hybridized carbons (Fsp3) is 0.0377. The van der Waals surface area contributed by atoms with Crippen molar-refractivity contribution in [3.05, 3.63) is 181 Å². The van der Waals surface area contributed by atoms with Crippen LogP contribution in [0.15, 0.2) is 179 Å². The average Bonchev–Trinajstić information content (AvgIpc) is 3.86. The quantitative estimate of drug-likeness (QED) is 0.176. The molecule has 0 unspecified atom stereocenters. The minimum Gasteiger partial charge on any atom is -0.456 e. The number of nitrogens with zero attached hydrogens (tertiary/aromatic N) is 3. The van der Waals surface area contributed by atoms with Crippen LogP contribution in [0.1, 0.15) is 17.5 Å². The predicted octanol–water partition coefficient (Wildman–Crippen LogP) is 14.1. The van der Waals surface area contributed by atoms with Gasteiger partial charge in [-0.15, -0.1) is 0 Å². The Morgan fingerprint density at radius 2 is 1.05 bits per heavy atom. The largest absolute Gasteiger partial charge is 0.456 e. The third kappa shape index (κ3) is 5.35. The number of benzene rings is 8. The zero-order valence-corrected chi connectivity index (χ0v) is 31.3. The molecule has 5 heteroatoms. The number of hydrogen-bond acceptors (Lipinski definition) is 5. The molecule has 1 aliphatic rings. The molecule has 0 bridgehead atoms. The number of hydrogen-bond donors (Lipinski definition) is 0. The molecule has 0 saturated heterocycles. The fourth-order valence-corrected chi connectivity index (χ4v) is 8.71. The number of rotatable bonds is 5. The van der Waals surface area contributed by atoms with Gasteiger partial charge in [0.2, 0.25) is 0 Å². The normalized spacial score (nSPS) is 12.6. The molecule has 5 nitrogen and oxygen atoms in total. The molecule has 3 heterocycles. The molecule has 11 aromatic rings. The maximum atomic E-state index is 6.60. The fourth-order valence-electron chi connectivity index (χ4n) is 8.71. The van der Waals surface area contributed by atoms with Crippen LogP contribution >= 0.6 is 0 Å². The summed E-state index contributed by atoms with van der Waals surface area (Å²) in [6.45, 7) is 0. The molecule has 8 aromatic carbocycles. The van der Waals surface area contributed by atoms with Gasteiger partial charge in [0.15, 0.2) is 17.5 Å². The first-order chi connectivity index (χ1) is 28.7. The van der Waals surface area contributed by atoms with E-state index in [4.69, 9.17) is 23.8 Å². The van der Waals surface area contributed by atoms with Crippen LogP contribution in [0.2, 0.25) is 0 Å². The molecule has 0 saturated carbocycles. The first-order valence-electron chi connectivity index (χ1n) is 19.7. The molecule has 3 aromatic heterocycles. The average molecular weight is 744 g/mol. The zero-order chi connectivity index (χ0) is 38.2. The third-order valence-corrected chi connectivity index (χ3v) is 11.6. The van der Waals surface area contributed by atoms with E-state index in [1.165, 1.54) is 22.3 Å². The Hall–Kier alpha value is -7.63. The summed E-state index contributed by atoms with van der Waals surface area (Å²) in [4.78, 5) is 15.8. The molecule has 1 aliphatic carbocycles. The van der Waals surface area contributed by atoms with E-state index in [0.29, 0.717) is 17.5 Å². The molecule has 0 spiro atoms. The van der Waals surface area contributed by atoms with Crippen molar-refractivity contribution in [2.75, 3.05) is 0 Å². The minimum atomic E-state index is 0.572. The maximum Gasteiger partial charge on any atom is 0.164 e. The van der Waals surface area contributed by atoms with Gasteiger partial charge in [-0.3, -0.25) is 0 Å². The highest BCUT2D eigenvalue weighted by atomic mass is 16.3. The van der Waals surface area contributed by atoms with E-state index in [1.807, 2.05) is 42.5 Å². The van der Waals surface area contributed by atoms with Crippen molar-refractivity contribution in [1.82, 2.24) is 15.0 Å². The van der Waals surface area contributed by atoms with E-state index in [1.54, 1.807) is 0 Å². The Morgan fingerprint density at radius 3 is 1.91 bits per heavy atom. The van der Waals surface area contributed by atoms with E-state index < -0.39 is 0 Å². The highest BCUT2D eigenvalue weighted by molar-refractivity contribution is 6.13. The topological polar surface area (TPSA) is 65.0 Å². The summed E-state index contributed by atoms with van der Waals surface area (Å²) in [6.07, 6.45) is 6.72. The number of aryl methyl sites for hydroxylation is 1. The van der Waals surface area contributed by atoms with Crippen molar-refractivity contribution in [2.45, 2.75) is 12.8 Å². The van der Waals surface area contributed by atoms with Crippen LogP contribution in [0.4, 0.5) is 0 Å². The highest BCUT2D eigenvalue weighted by Gasteiger charge is 2.21. The van der Waals surface area contributed by atoms with Gasteiger partial charge in [-0.25, -0.2) is 15.0 Å². The Bertz CT molecular complexity index is 3460. The number of allylic oxidation sites excluding steroid dienone is 1. The molecule has 0 radical (unpaired) electrons. The Kier molecular flexibility index (Phi) is 7.29. The lowest BCUT2D eigenvalue weighted by molar-refractivity contribution is 0.668. The van der Waals surface area contributed by atoms with Crippen molar-refractivity contribution >= 4 is 60.7 Å². The van der Waals surface area contributed by atoms with Crippen LogP contribution in [0.25, 0.3) is 117 Å². The predicted molar refractivity (Wildman–Crippen MR) is 236 cm³/mol. The van der Waals surface area contributed by atoms with Gasteiger partial charge in [-0.1, -0.05) is 127 Å². The molecule has 12 rings (SSSR count). The third-order valence-electron chi connectivity index (χ3n) is 11.6. The molecule has 272 valence electrons. The van der Waals surface area contributed by atoms with Crippen LogP contribution in [-0.4, -0.2) is 15.0 Å². The summed E-state index contributed by atoms with van der Waals surface area (Å²) >= 11 is 0. The van der Waals surface area contributed by atoms with Gasteiger partial charge >= 0.3 is 0 Å². The minimum absolute atomic E-state index is 0.572. The van der Waals surface area contributed by atoms with Crippen LogP contribution in [-0.2, 0) is 6.42 Å². The smallest absolute Gasteiger partial charge is 0.164 e. The number of para-hydroxylation sites is 2. The Labute approximate surface area is 333 Å². The van der Waals surface area contributed by atoms with Gasteiger partial charge in [0, 0.05) is 38.2 Å². The van der Waals surface area contributed by atoms with Gasteiger partial charge in [0.05, 0.1) is 0 Å². The number of furan rings is 2. The zero-order valence-electron chi connectivity index (χ0n) is 31.3. The van der Waals surface area contributed by atoms with Crippen molar-refractivity contribution in [3.63, 3.8) is 0 Å². The molecular weight excluding hydrogens is 711 g/mol. The summed E-state index contributed by atoms with van der Waals surface area (Å²) in [5.41, 5.74) is 13.2. The lowest BCUT2D eigenvalue weighted by atomic mass is 9.89. The van der Waals surface area contributed by atoms with E-state index in [-0.39, 0.29) is 0 Å². The van der Waals surface area contributed by atoms with Gasteiger partial charge in [-0.05, 0) is 106 Å². The van der Waals surface area contributed by atoms with Crippen LogP contribution in [0.5, 0.6) is 0 Å². The molecule has 0 N–H and O–H groups in total. The summed E-state index contributed by atoms with van der Waals surface area (Å²) in [6, 6.07) is 57.1.